The molecule has 1 aliphatic carbocycles. The van der Waals surface area contributed by atoms with E-state index in [1.54, 1.807) is 7.11 Å². The predicted octanol–water partition coefficient (Wildman–Crippen LogP) is 3.46. The third-order valence-corrected chi connectivity index (χ3v) is 4.93. The van der Waals surface area contributed by atoms with E-state index < -0.39 is 0 Å². The first kappa shape index (κ1) is 13.1. The molecule has 21 heavy (non-hydrogen) atoms. The van der Waals surface area contributed by atoms with Crippen molar-refractivity contribution >= 4 is 0 Å². The van der Waals surface area contributed by atoms with Crippen molar-refractivity contribution in [2.75, 3.05) is 13.7 Å². The van der Waals surface area contributed by atoms with Crippen molar-refractivity contribution < 1.29 is 9.47 Å². The Balaban J connectivity index is 1.95. The average Bonchev–Trinajstić information content (AvgIpc) is 2.93. The maximum absolute atomic E-state index is 6.39. The van der Waals surface area contributed by atoms with Gasteiger partial charge in [-0.15, -0.1) is 0 Å². The highest BCUT2D eigenvalue weighted by atomic mass is 16.6. The molecule has 0 bridgehead atoms. The van der Waals surface area contributed by atoms with Crippen LogP contribution in [0, 0.1) is 0 Å². The molecule has 0 amide bonds. The lowest BCUT2D eigenvalue weighted by Crippen LogP contribution is -2.28. The fourth-order valence-electron chi connectivity index (χ4n) is 3.88. The molecule has 4 rings (SSSR count). The first-order chi connectivity index (χ1) is 10.3. The number of hydrogen-bond donors (Lipinski definition) is 0. The third kappa shape index (κ3) is 1.94. The number of fused-ring (bicyclic) bond motifs is 4. The largest absolute Gasteiger partial charge is 0.379 e. The molecule has 1 spiro atoms. The van der Waals surface area contributed by atoms with Gasteiger partial charge in [-0.05, 0) is 35.1 Å². The van der Waals surface area contributed by atoms with E-state index in [0.717, 1.165) is 19.3 Å². The van der Waals surface area contributed by atoms with Crippen LogP contribution in [0.25, 0.3) is 0 Å². The molecule has 0 radical (unpaired) electrons. The lowest BCUT2D eigenvalue weighted by Gasteiger charge is -2.31. The van der Waals surface area contributed by atoms with Crippen LogP contribution in [0.3, 0.4) is 0 Å². The Morgan fingerprint density at radius 3 is 2.05 bits per heavy atom. The summed E-state index contributed by atoms with van der Waals surface area (Å²) in [6.07, 6.45) is 3.23. The molecule has 2 aromatic carbocycles. The molecular formula is C19H20O2. The Bertz CT molecular complexity index is 615. The highest BCUT2D eigenvalue weighted by Crippen LogP contribution is 2.47. The zero-order valence-corrected chi connectivity index (χ0v) is 12.3. The molecule has 1 aliphatic heterocycles. The smallest absolute Gasteiger partial charge is 0.121 e. The summed E-state index contributed by atoms with van der Waals surface area (Å²) in [5.41, 5.74) is 5.14. The van der Waals surface area contributed by atoms with E-state index in [1.165, 1.54) is 22.3 Å². The molecule has 108 valence electrons. The molecule has 0 N–H and O–H groups in total. The second-order valence-corrected chi connectivity index (χ2v) is 6.01. The van der Waals surface area contributed by atoms with E-state index in [4.69, 9.17) is 9.47 Å². The Hall–Kier alpha value is -1.64. The van der Waals surface area contributed by atoms with Gasteiger partial charge in [0.15, 0.2) is 0 Å². The number of rotatable bonds is 1. The zero-order chi connectivity index (χ0) is 14.3. The third-order valence-electron chi connectivity index (χ3n) is 4.93. The summed E-state index contributed by atoms with van der Waals surface area (Å²) in [6.45, 7) is 0.666. The van der Waals surface area contributed by atoms with Gasteiger partial charge in [0.1, 0.15) is 5.60 Å². The van der Waals surface area contributed by atoms with Crippen LogP contribution in [-0.2, 0) is 27.9 Å². The summed E-state index contributed by atoms with van der Waals surface area (Å²) in [5, 5.41) is 0. The van der Waals surface area contributed by atoms with Gasteiger partial charge in [-0.25, -0.2) is 0 Å². The van der Waals surface area contributed by atoms with Crippen molar-refractivity contribution in [3.05, 3.63) is 70.8 Å². The molecule has 0 aromatic heterocycles. The minimum absolute atomic E-state index is 0.171. The fourth-order valence-corrected chi connectivity index (χ4v) is 3.88. The van der Waals surface area contributed by atoms with Crippen molar-refractivity contribution in [2.45, 2.75) is 31.0 Å². The van der Waals surface area contributed by atoms with Gasteiger partial charge in [0, 0.05) is 13.5 Å². The predicted molar refractivity (Wildman–Crippen MR) is 82.4 cm³/mol. The van der Waals surface area contributed by atoms with Gasteiger partial charge in [-0.2, -0.15) is 0 Å². The first-order valence-corrected chi connectivity index (χ1v) is 7.67. The van der Waals surface area contributed by atoms with Crippen molar-refractivity contribution in [3.8, 4) is 0 Å². The van der Waals surface area contributed by atoms with Crippen LogP contribution in [0.15, 0.2) is 48.5 Å². The summed E-state index contributed by atoms with van der Waals surface area (Å²) in [6, 6.07) is 17.5. The number of methoxy groups -OCH3 is 1. The first-order valence-electron chi connectivity index (χ1n) is 7.67. The summed E-state index contributed by atoms with van der Waals surface area (Å²) >= 11 is 0. The van der Waals surface area contributed by atoms with E-state index >= 15 is 0 Å². The summed E-state index contributed by atoms with van der Waals surface area (Å²) in [7, 11) is 1.78. The molecule has 1 fully saturated rings. The standard InChI is InChI=1S/C19H20O2/c1-20-16-12-19(21-13-16)17-8-4-2-6-14(17)10-11-15-7-3-5-9-18(15)19/h2-9,16H,10-13H2,1H3. The fraction of sp³-hybridized carbons (Fsp3) is 0.368. The SMILES string of the molecule is COC1COC2(C1)c1ccccc1CCc1ccccc12. The Labute approximate surface area is 125 Å². The minimum Gasteiger partial charge on any atom is -0.379 e. The van der Waals surface area contributed by atoms with Crippen molar-refractivity contribution in [3.63, 3.8) is 0 Å². The van der Waals surface area contributed by atoms with Crippen LogP contribution < -0.4 is 0 Å². The molecular weight excluding hydrogens is 260 g/mol. The lowest BCUT2D eigenvalue weighted by molar-refractivity contribution is 0.0251. The molecule has 2 aromatic rings. The van der Waals surface area contributed by atoms with E-state index in [9.17, 15) is 0 Å². The summed E-state index contributed by atoms with van der Waals surface area (Å²) in [4.78, 5) is 0. The second-order valence-electron chi connectivity index (χ2n) is 6.01. The average molecular weight is 280 g/mol. The summed E-state index contributed by atoms with van der Waals surface area (Å²) in [5.74, 6) is 0. The molecule has 0 saturated carbocycles. The molecule has 2 heteroatoms. The van der Waals surface area contributed by atoms with Crippen molar-refractivity contribution in [1.29, 1.82) is 0 Å². The zero-order valence-electron chi connectivity index (χ0n) is 12.3. The highest BCUT2D eigenvalue weighted by molar-refractivity contribution is 5.48. The van der Waals surface area contributed by atoms with E-state index in [0.29, 0.717) is 6.61 Å². The minimum atomic E-state index is -0.329. The van der Waals surface area contributed by atoms with Gasteiger partial charge in [-0.1, -0.05) is 48.5 Å². The van der Waals surface area contributed by atoms with Gasteiger partial charge >= 0.3 is 0 Å². The van der Waals surface area contributed by atoms with Gasteiger partial charge in [-0.3, -0.25) is 0 Å². The quantitative estimate of drug-likeness (QED) is 0.796. The van der Waals surface area contributed by atoms with Gasteiger partial charge in [0.2, 0.25) is 0 Å². The Kier molecular flexibility index (Phi) is 3.09. The van der Waals surface area contributed by atoms with Crippen LogP contribution in [0.2, 0.25) is 0 Å². The second kappa shape index (κ2) is 4.97. The van der Waals surface area contributed by atoms with Crippen LogP contribution in [0.5, 0.6) is 0 Å². The number of aryl methyl sites for hydroxylation is 2. The van der Waals surface area contributed by atoms with E-state index in [2.05, 4.69) is 48.5 Å². The van der Waals surface area contributed by atoms with Crippen LogP contribution in [-0.4, -0.2) is 19.8 Å². The lowest BCUT2D eigenvalue weighted by atomic mass is 9.81. The molecule has 1 saturated heterocycles. The van der Waals surface area contributed by atoms with E-state index in [-0.39, 0.29) is 11.7 Å². The van der Waals surface area contributed by atoms with Crippen molar-refractivity contribution in [2.24, 2.45) is 0 Å². The van der Waals surface area contributed by atoms with Gasteiger partial charge < -0.3 is 9.47 Å². The monoisotopic (exact) mass is 280 g/mol. The number of hydrogen-bond acceptors (Lipinski definition) is 2. The van der Waals surface area contributed by atoms with Crippen LogP contribution in [0.1, 0.15) is 28.7 Å². The maximum Gasteiger partial charge on any atom is 0.121 e. The highest BCUT2D eigenvalue weighted by Gasteiger charge is 2.46. The topological polar surface area (TPSA) is 18.5 Å². The number of benzene rings is 2. The van der Waals surface area contributed by atoms with Crippen molar-refractivity contribution in [1.82, 2.24) is 0 Å². The molecule has 2 aliphatic rings. The van der Waals surface area contributed by atoms with Gasteiger partial charge in [0.25, 0.3) is 0 Å². The Morgan fingerprint density at radius 2 is 1.52 bits per heavy atom. The number of ether oxygens (including phenoxy) is 2. The molecule has 1 unspecified atom stereocenters. The van der Waals surface area contributed by atoms with Crippen LogP contribution >= 0.6 is 0 Å². The summed E-state index contributed by atoms with van der Waals surface area (Å²) < 4.78 is 12.0. The Morgan fingerprint density at radius 1 is 0.952 bits per heavy atom. The van der Waals surface area contributed by atoms with Gasteiger partial charge in [0.05, 0.1) is 12.7 Å². The maximum atomic E-state index is 6.39. The molecule has 2 nitrogen and oxygen atoms in total. The van der Waals surface area contributed by atoms with E-state index in [1.807, 2.05) is 0 Å². The molecule has 1 heterocycles. The molecule has 1 atom stereocenters. The van der Waals surface area contributed by atoms with Crippen LogP contribution in [0.4, 0.5) is 0 Å². The normalized spacial score (nSPS) is 22.6.